The third-order valence-corrected chi connectivity index (χ3v) is 8.10. The van der Waals surface area contributed by atoms with Gasteiger partial charge in [0.1, 0.15) is 0 Å². The van der Waals surface area contributed by atoms with Crippen LogP contribution < -0.4 is 11.1 Å². The second-order valence-electron chi connectivity index (χ2n) is 10.8. The summed E-state index contributed by atoms with van der Waals surface area (Å²) < 4.78 is 2.46. The van der Waals surface area contributed by atoms with E-state index < -0.39 is 0 Å². The van der Waals surface area contributed by atoms with Gasteiger partial charge in [0, 0.05) is 48.1 Å². The highest BCUT2D eigenvalue weighted by Gasteiger charge is 2.26. The zero-order valence-corrected chi connectivity index (χ0v) is 20.5. The van der Waals surface area contributed by atoms with Crippen molar-refractivity contribution in [2.75, 3.05) is 0 Å². The minimum atomic E-state index is 0.0421. The normalized spacial score (nSPS) is 22.2. The van der Waals surface area contributed by atoms with Crippen LogP contribution in [0.1, 0.15) is 80.4 Å². The van der Waals surface area contributed by atoms with Crippen molar-refractivity contribution in [3.8, 4) is 0 Å². The summed E-state index contributed by atoms with van der Waals surface area (Å²) in [4.78, 5) is 13.3. The Labute approximate surface area is 203 Å². The first-order valence-corrected chi connectivity index (χ1v) is 13.3. The number of carbonyl (C=O) groups is 1. The Balaban J connectivity index is 1.46. The molecule has 2 aliphatic carbocycles. The van der Waals surface area contributed by atoms with E-state index in [9.17, 15) is 4.79 Å². The molecule has 0 bridgehead atoms. The summed E-state index contributed by atoms with van der Waals surface area (Å²) in [6.45, 7) is 3.21. The summed E-state index contributed by atoms with van der Waals surface area (Å²) in [5.41, 5.74) is 11.1. The molecule has 34 heavy (non-hydrogen) atoms. The molecular weight excluding hydrogens is 418 g/mol. The van der Waals surface area contributed by atoms with Gasteiger partial charge < -0.3 is 15.6 Å². The van der Waals surface area contributed by atoms with Gasteiger partial charge in [0.15, 0.2) is 0 Å². The van der Waals surface area contributed by atoms with Crippen LogP contribution in [0.15, 0.2) is 54.7 Å². The summed E-state index contributed by atoms with van der Waals surface area (Å²) in [6, 6.07) is 18.0. The third-order valence-electron chi connectivity index (χ3n) is 8.10. The van der Waals surface area contributed by atoms with Gasteiger partial charge >= 0.3 is 0 Å². The number of amides is 1. The maximum atomic E-state index is 13.3. The minimum absolute atomic E-state index is 0.0421. The summed E-state index contributed by atoms with van der Waals surface area (Å²) in [5.74, 6) is 0.960. The number of hydrogen-bond acceptors (Lipinski definition) is 2. The lowest BCUT2D eigenvalue weighted by molar-refractivity contribution is -0.122. The number of carbonyl (C=O) groups excluding carboxylic acids is 1. The maximum absolute atomic E-state index is 13.3. The summed E-state index contributed by atoms with van der Waals surface area (Å²) >= 11 is 0. The van der Waals surface area contributed by atoms with Crippen LogP contribution in [0.4, 0.5) is 0 Å². The fourth-order valence-corrected chi connectivity index (χ4v) is 6.20. The molecule has 2 fully saturated rings. The van der Waals surface area contributed by atoms with Crippen LogP contribution in [0.2, 0.25) is 0 Å². The quantitative estimate of drug-likeness (QED) is 0.454. The number of para-hydroxylation sites is 1. The lowest BCUT2D eigenvalue weighted by atomic mass is 9.86. The molecule has 2 aliphatic rings. The van der Waals surface area contributed by atoms with Gasteiger partial charge in [-0.3, -0.25) is 4.79 Å². The van der Waals surface area contributed by atoms with Crippen molar-refractivity contribution in [2.45, 2.75) is 89.3 Å². The van der Waals surface area contributed by atoms with Gasteiger partial charge in [-0.25, -0.2) is 0 Å². The van der Waals surface area contributed by atoms with Gasteiger partial charge in [0.05, 0.1) is 0 Å². The second kappa shape index (κ2) is 10.4. The van der Waals surface area contributed by atoms with Crippen LogP contribution in [0.5, 0.6) is 0 Å². The number of nitrogens with two attached hydrogens (primary N) is 1. The van der Waals surface area contributed by atoms with Crippen molar-refractivity contribution >= 4 is 16.8 Å². The van der Waals surface area contributed by atoms with Crippen molar-refractivity contribution in [2.24, 2.45) is 11.7 Å². The Kier molecular flexibility index (Phi) is 7.05. The lowest BCUT2D eigenvalue weighted by Crippen LogP contribution is -2.40. The van der Waals surface area contributed by atoms with Gasteiger partial charge in [-0.15, -0.1) is 0 Å². The highest BCUT2D eigenvalue weighted by molar-refractivity contribution is 5.86. The maximum Gasteiger partial charge on any atom is 0.221 e. The molecule has 0 spiro atoms. The van der Waals surface area contributed by atoms with E-state index in [2.05, 4.69) is 71.5 Å². The molecule has 5 rings (SSSR count). The summed E-state index contributed by atoms with van der Waals surface area (Å²) in [5, 5.41) is 4.62. The van der Waals surface area contributed by atoms with Gasteiger partial charge in [-0.1, -0.05) is 60.9 Å². The molecule has 2 saturated carbocycles. The molecule has 1 amide bonds. The Morgan fingerprint density at radius 1 is 1.03 bits per heavy atom. The number of aromatic nitrogens is 1. The Morgan fingerprint density at radius 3 is 2.56 bits per heavy atom. The van der Waals surface area contributed by atoms with Gasteiger partial charge in [0.2, 0.25) is 5.91 Å². The number of benzene rings is 2. The SMILES string of the molecule is Cc1cccc(C(CC(=O)NC2CCC(N)CC2)c2cn(CC3CCCC3)c3ccccc23)c1. The van der Waals surface area contributed by atoms with Crippen LogP contribution >= 0.6 is 0 Å². The van der Waals surface area contributed by atoms with E-state index in [1.54, 1.807) is 0 Å². The molecule has 0 radical (unpaired) electrons. The second-order valence-corrected chi connectivity index (χ2v) is 10.8. The smallest absolute Gasteiger partial charge is 0.221 e. The van der Waals surface area contributed by atoms with E-state index in [1.807, 2.05) is 0 Å². The number of rotatable bonds is 7. The van der Waals surface area contributed by atoms with Gasteiger partial charge in [-0.05, 0) is 68.6 Å². The fraction of sp³-hybridized carbons (Fsp3) is 0.500. The first-order valence-electron chi connectivity index (χ1n) is 13.3. The molecule has 4 nitrogen and oxygen atoms in total. The molecule has 1 unspecified atom stereocenters. The molecule has 3 N–H and O–H groups in total. The largest absolute Gasteiger partial charge is 0.353 e. The molecule has 2 aromatic carbocycles. The third kappa shape index (κ3) is 5.22. The number of aryl methyl sites for hydroxylation is 1. The average Bonchev–Trinajstić information content (AvgIpc) is 3.48. The lowest BCUT2D eigenvalue weighted by Gasteiger charge is -2.27. The van der Waals surface area contributed by atoms with Crippen molar-refractivity contribution in [3.63, 3.8) is 0 Å². The van der Waals surface area contributed by atoms with Crippen molar-refractivity contribution in [1.29, 1.82) is 0 Å². The minimum Gasteiger partial charge on any atom is -0.353 e. The van der Waals surface area contributed by atoms with E-state index in [-0.39, 0.29) is 17.9 Å². The Morgan fingerprint density at radius 2 is 1.79 bits per heavy atom. The summed E-state index contributed by atoms with van der Waals surface area (Å²) in [7, 11) is 0. The van der Waals surface area contributed by atoms with Gasteiger partial charge in [-0.2, -0.15) is 0 Å². The molecule has 3 aromatic rings. The monoisotopic (exact) mass is 457 g/mol. The van der Waals surface area contributed by atoms with E-state index in [4.69, 9.17) is 5.73 Å². The van der Waals surface area contributed by atoms with E-state index >= 15 is 0 Å². The molecule has 0 saturated heterocycles. The van der Waals surface area contributed by atoms with Crippen LogP contribution in [-0.2, 0) is 11.3 Å². The zero-order valence-electron chi connectivity index (χ0n) is 20.5. The predicted octanol–water partition coefficient (Wildman–Crippen LogP) is 6.05. The predicted molar refractivity (Wildman–Crippen MR) is 140 cm³/mol. The fourth-order valence-electron chi connectivity index (χ4n) is 6.20. The highest BCUT2D eigenvalue weighted by Crippen LogP contribution is 2.37. The van der Waals surface area contributed by atoms with Crippen molar-refractivity contribution in [3.05, 3.63) is 71.4 Å². The van der Waals surface area contributed by atoms with E-state index in [0.717, 1.165) is 38.1 Å². The van der Waals surface area contributed by atoms with Crippen LogP contribution in [-0.4, -0.2) is 22.6 Å². The Hall–Kier alpha value is -2.59. The van der Waals surface area contributed by atoms with Gasteiger partial charge in [0.25, 0.3) is 0 Å². The highest BCUT2D eigenvalue weighted by atomic mass is 16.1. The standard InChI is InChI=1S/C30H39N3O/c1-21-7-6-10-23(17-21)27(18-30(34)32-25-15-13-24(31)14-16-25)28-20-33(19-22-8-2-3-9-22)29-12-5-4-11-26(28)29/h4-7,10-12,17,20,22,24-25,27H,2-3,8-9,13-16,18-19,31H2,1H3,(H,32,34). The molecule has 4 heteroatoms. The number of nitrogens with zero attached hydrogens (tertiary/aromatic N) is 1. The van der Waals surface area contributed by atoms with Crippen LogP contribution in [0, 0.1) is 12.8 Å². The first-order chi connectivity index (χ1) is 16.6. The molecule has 1 atom stereocenters. The van der Waals surface area contributed by atoms with Crippen LogP contribution in [0.3, 0.4) is 0 Å². The van der Waals surface area contributed by atoms with Crippen molar-refractivity contribution in [1.82, 2.24) is 9.88 Å². The summed E-state index contributed by atoms with van der Waals surface area (Å²) in [6.07, 6.45) is 12.2. The average molecular weight is 458 g/mol. The molecular formula is C30H39N3O. The number of fused-ring (bicyclic) bond motifs is 1. The molecule has 1 heterocycles. The van der Waals surface area contributed by atoms with E-state index in [0.29, 0.717) is 12.5 Å². The van der Waals surface area contributed by atoms with E-state index in [1.165, 1.54) is 53.3 Å². The first kappa shape index (κ1) is 23.2. The number of nitrogens with one attached hydrogen (secondary N) is 1. The molecule has 1 aromatic heterocycles. The van der Waals surface area contributed by atoms with Crippen molar-refractivity contribution < 1.29 is 4.79 Å². The zero-order chi connectivity index (χ0) is 23.5. The number of hydrogen-bond donors (Lipinski definition) is 2. The van der Waals surface area contributed by atoms with Crippen LogP contribution in [0.25, 0.3) is 10.9 Å². The molecule has 0 aliphatic heterocycles. The Bertz CT molecular complexity index is 1120. The molecule has 180 valence electrons. The topological polar surface area (TPSA) is 60.1 Å².